The molecule has 0 N–H and O–H groups in total. The van der Waals surface area contributed by atoms with E-state index in [2.05, 4.69) is 22.0 Å². The fourth-order valence-corrected chi connectivity index (χ4v) is 4.22. The molecule has 2 rings (SSSR count). The van der Waals surface area contributed by atoms with Crippen LogP contribution in [0.25, 0.3) is 0 Å². The average Bonchev–Trinajstić information content (AvgIpc) is 2.58. The maximum Gasteiger partial charge on any atom is 0.305 e. The lowest BCUT2D eigenvalue weighted by Crippen LogP contribution is -2.47. The van der Waals surface area contributed by atoms with Crippen LogP contribution in [-0.4, -0.2) is 36.4 Å². The van der Waals surface area contributed by atoms with E-state index in [0.29, 0.717) is 31.0 Å². The minimum absolute atomic E-state index is 0.0375. The molecule has 0 bridgehead atoms. The Morgan fingerprint density at radius 3 is 2.54 bits per heavy atom. The van der Waals surface area contributed by atoms with Gasteiger partial charge in [0.2, 0.25) is 0 Å². The van der Waals surface area contributed by atoms with E-state index in [9.17, 15) is 9.59 Å². The number of ketones is 1. The fourth-order valence-electron chi connectivity index (χ4n) is 3.68. The summed E-state index contributed by atoms with van der Waals surface area (Å²) in [6, 6.07) is 8.04. The Bertz CT molecular complexity index is 589. The van der Waals surface area contributed by atoms with Crippen molar-refractivity contribution in [2.45, 2.75) is 57.2 Å². The lowest BCUT2D eigenvalue weighted by Gasteiger charge is -2.42. The van der Waals surface area contributed by atoms with Crippen molar-refractivity contribution < 1.29 is 19.1 Å². The first-order chi connectivity index (χ1) is 11.4. The second kappa shape index (κ2) is 8.26. The summed E-state index contributed by atoms with van der Waals surface area (Å²) in [5.74, 6) is -0.0328. The summed E-state index contributed by atoms with van der Waals surface area (Å²) in [6.45, 7) is 4.04. The quantitative estimate of drug-likeness (QED) is 0.544. The minimum Gasteiger partial charge on any atom is -0.469 e. The molecule has 2 unspecified atom stereocenters. The van der Waals surface area contributed by atoms with Crippen LogP contribution in [0.1, 0.15) is 44.2 Å². The highest BCUT2D eigenvalue weighted by Gasteiger charge is 2.45. The maximum absolute atomic E-state index is 12.8. The molecule has 5 heteroatoms. The van der Waals surface area contributed by atoms with Gasteiger partial charge < -0.3 is 9.47 Å². The molecule has 2 atom stereocenters. The zero-order valence-corrected chi connectivity index (χ0v) is 16.1. The largest absolute Gasteiger partial charge is 0.469 e. The van der Waals surface area contributed by atoms with E-state index in [0.717, 1.165) is 11.1 Å². The summed E-state index contributed by atoms with van der Waals surface area (Å²) >= 11 is 3.35. The number of halogens is 1. The molecule has 1 fully saturated rings. The monoisotopic (exact) mass is 396 g/mol. The molecule has 0 saturated carbocycles. The predicted molar refractivity (Wildman–Crippen MR) is 96.5 cm³/mol. The van der Waals surface area contributed by atoms with Gasteiger partial charge in [-0.3, -0.25) is 9.59 Å². The molecule has 1 aromatic carbocycles. The molecule has 0 aliphatic carbocycles. The second-order valence-corrected chi connectivity index (χ2v) is 7.14. The first-order valence-corrected chi connectivity index (χ1v) is 9.44. The Morgan fingerprint density at radius 1 is 1.29 bits per heavy atom. The van der Waals surface area contributed by atoms with E-state index in [4.69, 9.17) is 9.47 Å². The van der Waals surface area contributed by atoms with Gasteiger partial charge in [-0.15, -0.1) is 0 Å². The number of ether oxygens (including phenoxy) is 2. The molecule has 1 saturated heterocycles. The van der Waals surface area contributed by atoms with Gasteiger partial charge in [0.1, 0.15) is 0 Å². The van der Waals surface area contributed by atoms with Crippen molar-refractivity contribution in [3.63, 3.8) is 0 Å². The molecular weight excluding hydrogens is 372 g/mol. The summed E-state index contributed by atoms with van der Waals surface area (Å²) in [5, 5.41) is 0.332. The van der Waals surface area contributed by atoms with Crippen molar-refractivity contribution in [1.29, 1.82) is 0 Å². The van der Waals surface area contributed by atoms with Crippen LogP contribution in [0.15, 0.2) is 24.3 Å². The molecule has 24 heavy (non-hydrogen) atoms. The highest BCUT2D eigenvalue weighted by molar-refractivity contribution is 9.09. The molecule has 1 heterocycles. The number of Topliss-reactive ketones (excluding diaryl/α,β-unsaturated/α-hetero) is 1. The molecule has 0 radical (unpaired) electrons. The smallest absolute Gasteiger partial charge is 0.305 e. The molecule has 0 spiro atoms. The van der Waals surface area contributed by atoms with Crippen molar-refractivity contribution in [3.05, 3.63) is 35.4 Å². The number of benzene rings is 1. The van der Waals surface area contributed by atoms with Crippen LogP contribution in [-0.2, 0) is 30.9 Å². The highest BCUT2D eigenvalue weighted by atomic mass is 79.9. The Balaban J connectivity index is 2.33. The number of carbonyl (C=O) groups is 2. The molecule has 4 nitrogen and oxygen atoms in total. The van der Waals surface area contributed by atoms with E-state index >= 15 is 0 Å². The normalized spacial score (nSPS) is 26.8. The predicted octanol–water partition coefficient (Wildman–Crippen LogP) is 3.58. The van der Waals surface area contributed by atoms with Crippen molar-refractivity contribution in [2.24, 2.45) is 0 Å². The number of rotatable bonds is 6. The SMILES string of the molecule is COC(=O)CCc1cccc(C2(C(=O)CBr)CC(C)OC(C)C2)c1. The van der Waals surface area contributed by atoms with Crippen LogP contribution in [0, 0.1) is 0 Å². The maximum atomic E-state index is 12.8. The summed E-state index contributed by atoms with van der Waals surface area (Å²) in [7, 11) is 1.40. The first-order valence-electron chi connectivity index (χ1n) is 8.32. The van der Waals surface area contributed by atoms with Crippen molar-refractivity contribution in [2.75, 3.05) is 12.4 Å². The Kier molecular flexibility index (Phi) is 6.58. The Labute approximate surface area is 152 Å². The Morgan fingerprint density at radius 2 is 1.96 bits per heavy atom. The zero-order valence-electron chi connectivity index (χ0n) is 14.5. The van der Waals surface area contributed by atoms with E-state index in [-0.39, 0.29) is 24.0 Å². The van der Waals surface area contributed by atoms with Gasteiger partial charge in [-0.25, -0.2) is 0 Å². The van der Waals surface area contributed by atoms with Crippen molar-refractivity contribution >= 4 is 27.7 Å². The van der Waals surface area contributed by atoms with Crippen LogP contribution < -0.4 is 0 Å². The minimum atomic E-state index is -0.526. The molecule has 0 aromatic heterocycles. The van der Waals surface area contributed by atoms with Crippen LogP contribution in [0.5, 0.6) is 0 Å². The summed E-state index contributed by atoms with van der Waals surface area (Å²) in [4.78, 5) is 24.2. The van der Waals surface area contributed by atoms with Crippen LogP contribution in [0.3, 0.4) is 0 Å². The van der Waals surface area contributed by atoms with Gasteiger partial charge in [-0.05, 0) is 44.2 Å². The summed E-state index contributed by atoms with van der Waals surface area (Å²) < 4.78 is 10.6. The summed E-state index contributed by atoms with van der Waals surface area (Å²) in [5.41, 5.74) is 1.55. The van der Waals surface area contributed by atoms with E-state index in [1.54, 1.807) is 0 Å². The van der Waals surface area contributed by atoms with Crippen molar-refractivity contribution in [3.8, 4) is 0 Å². The third kappa shape index (κ3) is 4.25. The number of hydrogen-bond acceptors (Lipinski definition) is 4. The lowest BCUT2D eigenvalue weighted by molar-refractivity contribution is -0.140. The standard InChI is InChI=1S/C19H25BrO4/c1-13-10-19(17(21)12-20,11-14(2)24-13)16-6-4-5-15(9-16)7-8-18(22)23-3/h4-6,9,13-14H,7-8,10-12H2,1-3H3. The van der Waals surface area contributed by atoms with Gasteiger partial charge in [-0.2, -0.15) is 0 Å². The first kappa shape index (κ1) is 19.1. The molecule has 1 aliphatic heterocycles. The van der Waals surface area contributed by atoms with Gasteiger partial charge in [0.25, 0.3) is 0 Å². The topological polar surface area (TPSA) is 52.6 Å². The zero-order chi connectivity index (χ0) is 17.7. The number of methoxy groups -OCH3 is 1. The van der Waals surface area contributed by atoms with E-state index < -0.39 is 5.41 Å². The van der Waals surface area contributed by atoms with E-state index in [1.165, 1.54) is 7.11 Å². The van der Waals surface area contributed by atoms with Gasteiger partial charge in [0.05, 0.1) is 30.1 Å². The number of carbonyl (C=O) groups excluding carboxylic acids is 2. The van der Waals surface area contributed by atoms with Crippen LogP contribution in [0.2, 0.25) is 0 Å². The Hall–Kier alpha value is -1.20. The summed E-state index contributed by atoms with van der Waals surface area (Å²) in [6.07, 6.45) is 2.39. The molecular formula is C19H25BrO4. The van der Waals surface area contributed by atoms with Crippen LogP contribution in [0.4, 0.5) is 0 Å². The third-order valence-electron chi connectivity index (χ3n) is 4.72. The average molecular weight is 397 g/mol. The van der Waals surface area contributed by atoms with Gasteiger partial charge in [-0.1, -0.05) is 40.2 Å². The second-order valence-electron chi connectivity index (χ2n) is 6.58. The fraction of sp³-hybridized carbons (Fsp3) is 0.579. The van der Waals surface area contributed by atoms with Crippen LogP contribution >= 0.6 is 15.9 Å². The van der Waals surface area contributed by atoms with E-state index in [1.807, 2.05) is 32.0 Å². The number of hydrogen-bond donors (Lipinski definition) is 0. The van der Waals surface area contributed by atoms with Gasteiger partial charge in [0, 0.05) is 6.42 Å². The molecule has 132 valence electrons. The molecule has 1 aromatic rings. The third-order valence-corrected chi connectivity index (χ3v) is 5.23. The molecule has 1 aliphatic rings. The van der Waals surface area contributed by atoms with Gasteiger partial charge >= 0.3 is 5.97 Å². The van der Waals surface area contributed by atoms with Crippen molar-refractivity contribution in [1.82, 2.24) is 0 Å². The number of alkyl halides is 1. The number of aryl methyl sites for hydroxylation is 1. The molecule has 0 amide bonds. The highest BCUT2D eigenvalue weighted by Crippen LogP contribution is 2.41. The number of esters is 1. The van der Waals surface area contributed by atoms with Gasteiger partial charge in [0.15, 0.2) is 5.78 Å². The lowest BCUT2D eigenvalue weighted by atomic mass is 9.68.